The Bertz CT molecular complexity index is 509. The number of aromatic nitrogens is 4. The van der Waals surface area contributed by atoms with Crippen molar-refractivity contribution in [1.29, 1.82) is 0 Å². The predicted molar refractivity (Wildman–Crippen MR) is 67.3 cm³/mol. The highest BCUT2D eigenvalue weighted by Crippen LogP contribution is 2.23. The van der Waals surface area contributed by atoms with Crippen molar-refractivity contribution in [2.75, 3.05) is 0 Å². The summed E-state index contributed by atoms with van der Waals surface area (Å²) in [6, 6.07) is -0.0549. The molecule has 1 unspecified atom stereocenters. The van der Waals surface area contributed by atoms with E-state index in [0.29, 0.717) is 5.92 Å². The predicted octanol–water partition coefficient (Wildman–Crippen LogP) is 1.77. The number of nitrogens with one attached hydrogen (secondary N) is 1. The van der Waals surface area contributed by atoms with E-state index in [1.165, 1.54) is 0 Å². The molecular formula is C12H19N5. The van der Waals surface area contributed by atoms with Crippen molar-refractivity contribution in [1.82, 2.24) is 19.7 Å². The molecule has 3 N–H and O–H groups in total. The van der Waals surface area contributed by atoms with Gasteiger partial charge in [0.1, 0.15) is 5.82 Å². The maximum Gasteiger partial charge on any atom is 0.123 e. The third-order valence-corrected chi connectivity index (χ3v) is 2.93. The van der Waals surface area contributed by atoms with Crippen LogP contribution in [-0.2, 0) is 7.05 Å². The number of imidazole rings is 1. The molecule has 0 radical (unpaired) electrons. The number of hydrogen-bond acceptors (Lipinski definition) is 3. The van der Waals surface area contributed by atoms with Crippen LogP contribution in [0.5, 0.6) is 0 Å². The van der Waals surface area contributed by atoms with Gasteiger partial charge in [-0.25, -0.2) is 4.98 Å². The summed E-state index contributed by atoms with van der Waals surface area (Å²) in [7, 11) is 1.91. The van der Waals surface area contributed by atoms with Crippen molar-refractivity contribution in [3.63, 3.8) is 0 Å². The van der Waals surface area contributed by atoms with Crippen LogP contribution >= 0.6 is 0 Å². The molecule has 0 spiro atoms. The van der Waals surface area contributed by atoms with E-state index in [1.54, 1.807) is 4.68 Å². The molecule has 0 aliphatic carbocycles. The van der Waals surface area contributed by atoms with Gasteiger partial charge < -0.3 is 10.7 Å². The smallest absolute Gasteiger partial charge is 0.123 e. The lowest BCUT2D eigenvalue weighted by Gasteiger charge is -2.11. The van der Waals surface area contributed by atoms with E-state index in [0.717, 1.165) is 22.8 Å². The fourth-order valence-corrected chi connectivity index (χ4v) is 1.82. The van der Waals surface area contributed by atoms with Crippen molar-refractivity contribution in [2.24, 2.45) is 18.7 Å². The number of H-pyrrole nitrogens is 1. The van der Waals surface area contributed by atoms with E-state index in [9.17, 15) is 0 Å². The topological polar surface area (TPSA) is 72.5 Å². The number of aromatic amines is 1. The Balaban J connectivity index is 2.33. The van der Waals surface area contributed by atoms with Crippen molar-refractivity contribution in [2.45, 2.75) is 26.8 Å². The molecule has 5 nitrogen and oxygen atoms in total. The zero-order chi connectivity index (χ0) is 12.6. The van der Waals surface area contributed by atoms with Crippen LogP contribution in [0.2, 0.25) is 0 Å². The molecule has 1 atom stereocenters. The average Bonchev–Trinajstić information content (AvgIpc) is 2.83. The minimum Gasteiger partial charge on any atom is -0.341 e. The largest absolute Gasteiger partial charge is 0.341 e. The highest BCUT2D eigenvalue weighted by Gasteiger charge is 2.15. The SMILES string of the molecule is Cc1nn(C)cc1-c1cnc(C(N)C(C)C)[nH]1. The molecule has 0 amide bonds. The number of hydrogen-bond donors (Lipinski definition) is 2. The number of aryl methyl sites for hydroxylation is 2. The van der Waals surface area contributed by atoms with Crippen molar-refractivity contribution >= 4 is 0 Å². The third kappa shape index (κ3) is 2.24. The molecule has 2 heterocycles. The van der Waals surface area contributed by atoms with E-state index in [-0.39, 0.29) is 6.04 Å². The molecule has 17 heavy (non-hydrogen) atoms. The molecule has 2 aromatic heterocycles. The summed E-state index contributed by atoms with van der Waals surface area (Å²) in [4.78, 5) is 7.62. The van der Waals surface area contributed by atoms with Crippen LogP contribution in [0.4, 0.5) is 0 Å². The first kappa shape index (κ1) is 11.9. The lowest BCUT2D eigenvalue weighted by molar-refractivity contribution is 0.494. The molecular weight excluding hydrogens is 214 g/mol. The molecule has 0 aliphatic rings. The molecule has 92 valence electrons. The first-order valence-corrected chi connectivity index (χ1v) is 5.80. The van der Waals surface area contributed by atoms with Crippen LogP contribution in [0.25, 0.3) is 11.3 Å². The normalized spacial score (nSPS) is 13.3. The molecule has 0 fully saturated rings. The monoisotopic (exact) mass is 233 g/mol. The first-order valence-electron chi connectivity index (χ1n) is 5.80. The lowest BCUT2D eigenvalue weighted by Crippen LogP contribution is -2.18. The van der Waals surface area contributed by atoms with E-state index >= 15 is 0 Å². The minimum atomic E-state index is -0.0549. The van der Waals surface area contributed by atoms with Crippen LogP contribution in [0, 0.1) is 12.8 Å². The van der Waals surface area contributed by atoms with Gasteiger partial charge in [-0.3, -0.25) is 4.68 Å². The summed E-state index contributed by atoms with van der Waals surface area (Å²) in [6.07, 6.45) is 3.80. The maximum atomic E-state index is 6.06. The first-order chi connectivity index (χ1) is 7.99. The summed E-state index contributed by atoms with van der Waals surface area (Å²) >= 11 is 0. The molecule has 2 aromatic rings. The Morgan fingerprint density at radius 2 is 2.12 bits per heavy atom. The summed E-state index contributed by atoms with van der Waals surface area (Å²) in [5, 5.41) is 4.31. The Morgan fingerprint density at radius 1 is 1.41 bits per heavy atom. The Labute approximate surface area is 101 Å². The fraction of sp³-hybridized carbons (Fsp3) is 0.500. The van der Waals surface area contributed by atoms with Gasteiger partial charge in [0.15, 0.2) is 0 Å². The minimum absolute atomic E-state index is 0.0549. The summed E-state index contributed by atoms with van der Waals surface area (Å²) in [6.45, 7) is 6.16. The van der Waals surface area contributed by atoms with Crippen LogP contribution < -0.4 is 5.73 Å². The van der Waals surface area contributed by atoms with Gasteiger partial charge in [0, 0.05) is 18.8 Å². The molecule has 0 saturated carbocycles. The molecule has 5 heteroatoms. The second kappa shape index (κ2) is 4.33. The van der Waals surface area contributed by atoms with Gasteiger partial charge in [0.25, 0.3) is 0 Å². The van der Waals surface area contributed by atoms with E-state index in [1.807, 2.05) is 26.4 Å². The van der Waals surface area contributed by atoms with Gasteiger partial charge in [0.2, 0.25) is 0 Å². The number of nitrogens with two attached hydrogens (primary N) is 1. The standard InChI is InChI=1S/C12H19N5/c1-7(2)11(13)12-14-5-10(15-12)9-6-17(4)16-8(9)3/h5-7,11H,13H2,1-4H3,(H,14,15). The van der Waals surface area contributed by atoms with Gasteiger partial charge >= 0.3 is 0 Å². The summed E-state index contributed by atoms with van der Waals surface area (Å²) in [5.74, 6) is 1.20. The zero-order valence-corrected chi connectivity index (χ0v) is 10.7. The van der Waals surface area contributed by atoms with Crippen LogP contribution in [-0.4, -0.2) is 19.7 Å². The molecule has 2 rings (SSSR count). The van der Waals surface area contributed by atoms with Gasteiger partial charge in [-0.05, 0) is 12.8 Å². The quantitative estimate of drug-likeness (QED) is 0.848. The van der Waals surface area contributed by atoms with Crippen molar-refractivity contribution in [3.8, 4) is 11.3 Å². The van der Waals surface area contributed by atoms with Crippen LogP contribution in [0.15, 0.2) is 12.4 Å². The Hall–Kier alpha value is -1.62. The number of nitrogens with zero attached hydrogens (tertiary/aromatic N) is 3. The van der Waals surface area contributed by atoms with Crippen LogP contribution in [0.1, 0.15) is 31.4 Å². The van der Waals surface area contributed by atoms with E-state index in [2.05, 4.69) is 28.9 Å². The second-order valence-electron chi connectivity index (χ2n) is 4.75. The summed E-state index contributed by atoms with van der Waals surface area (Å²) in [5.41, 5.74) is 9.09. The van der Waals surface area contributed by atoms with E-state index < -0.39 is 0 Å². The highest BCUT2D eigenvalue weighted by atomic mass is 15.2. The van der Waals surface area contributed by atoms with Crippen molar-refractivity contribution in [3.05, 3.63) is 23.9 Å². The van der Waals surface area contributed by atoms with Gasteiger partial charge in [-0.1, -0.05) is 13.8 Å². The van der Waals surface area contributed by atoms with Gasteiger partial charge in [-0.15, -0.1) is 0 Å². The van der Waals surface area contributed by atoms with Gasteiger partial charge in [0.05, 0.1) is 23.6 Å². The summed E-state index contributed by atoms with van der Waals surface area (Å²) < 4.78 is 1.80. The maximum absolute atomic E-state index is 6.06. The number of rotatable bonds is 3. The molecule has 0 aromatic carbocycles. The Kier molecular flexibility index (Phi) is 3.02. The molecule has 0 bridgehead atoms. The lowest BCUT2D eigenvalue weighted by atomic mass is 10.1. The van der Waals surface area contributed by atoms with Gasteiger partial charge in [-0.2, -0.15) is 5.10 Å². The molecule has 0 aliphatic heterocycles. The average molecular weight is 233 g/mol. The Morgan fingerprint density at radius 3 is 2.65 bits per heavy atom. The third-order valence-electron chi connectivity index (χ3n) is 2.93. The second-order valence-corrected chi connectivity index (χ2v) is 4.75. The molecule has 0 saturated heterocycles. The van der Waals surface area contributed by atoms with Crippen LogP contribution in [0.3, 0.4) is 0 Å². The fourth-order valence-electron chi connectivity index (χ4n) is 1.82. The van der Waals surface area contributed by atoms with Crippen molar-refractivity contribution < 1.29 is 0 Å². The zero-order valence-electron chi connectivity index (χ0n) is 10.7. The highest BCUT2D eigenvalue weighted by molar-refractivity contribution is 5.60. The van der Waals surface area contributed by atoms with E-state index in [4.69, 9.17) is 5.73 Å².